The minimum atomic E-state index is -0.0725. The Morgan fingerprint density at radius 2 is 1.25 bits per heavy atom. The third-order valence-corrected chi connectivity index (χ3v) is 12.3. The second kappa shape index (κ2) is 18.0. The Morgan fingerprint density at radius 1 is 0.578 bits per heavy atom. The second-order valence-corrected chi connectivity index (χ2v) is 18.5. The number of aryl methyl sites for hydroxylation is 1. The number of aromatic hydroxyl groups is 1. The van der Waals surface area contributed by atoms with E-state index < -0.39 is 0 Å². The maximum Gasteiger partial charge on any atom is 0.148 e. The van der Waals surface area contributed by atoms with Gasteiger partial charge in [0.05, 0.1) is 22.3 Å². The number of imidazole rings is 1. The molecule has 322 valence electrons. The monoisotopic (exact) mass is 1020 g/mol. The van der Waals surface area contributed by atoms with Crippen molar-refractivity contribution in [3.63, 3.8) is 0 Å². The first-order chi connectivity index (χ1) is 30.3. The van der Waals surface area contributed by atoms with Crippen molar-refractivity contribution >= 4 is 11.0 Å². The van der Waals surface area contributed by atoms with Gasteiger partial charge in [0, 0.05) is 38.5 Å². The van der Waals surface area contributed by atoms with Gasteiger partial charge in [-0.1, -0.05) is 186 Å². The molecule has 5 heteroatoms. The van der Waals surface area contributed by atoms with E-state index in [0.29, 0.717) is 11.4 Å². The van der Waals surface area contributed by atoms with Crippen LogP contribution in [-0.4, -0.2) is 19.6 Å². The van der Waals surface area contributed by atoms with Gasteiger partial charge in [0.25, 0.3) is 0 Å². The number of phenolic OH excluding ortho intramolecular Hbond substituents is 1. The van der Waals surface area contributed by atoms with Crippen LogP contribution >= 0.6 is 0 Å². The third-order valence-electron chi connectivity index (χ3n) is 12.3. The molecule has 0 saturated heterocycles. The van der Waals surface area contributed by atoms with Gasteiger partial charge in [0.1, 0.15) is 11.6 Å². The fourth-order valence-corrected chi connectivity index (χ4v) is 8.57. The Labute approximate surface area is 393 Å². The molecule has 0 radical (unpaired) electrons. The van der Waals surface area contributed by atoms with Gasteiger partial charge >= 0.3 is 0 Å². The zero-order valence-electron chi connectivity index (χ0n) is 37.8. The number of phenols is 1. The number of pyridine rings is 1. The minimum absolute atomic E-state index is 0. The van der Waals surface area contributed by atoms with Gasteiger partial charge in [-0.2, -0.15) is 0 Å². The molecule has 0 fully saturated rings. The van der Waals surface area contributed by atoms with E-state index in [1.807, 2.05) is 12.3 Å². The largest absolute Gasteiger partial charge is 0.507 e. The Bertz CT molecular complexity index is 3100. The molecule has 2 heterocycles. The van der Waals surface area contributed by atoms with Crippen molar-refractivity contribution in [2.24, 2.45) is 0 Å². The summed E-state index contributed by atoms with van der Waals surface area (Å²) >= 11 is 0. The Balaban J connectivity index is 0.00000560. The number of hydrogen-bond donors (Lipinski definition) is 1. The van der Waals surface area contributed by atoms with Crippen molar-refractivity contribution in [2.75, 3.05) is 0 Å². The molecule has 0 saturated carbocycles. The molecule has 64 heavy (non-hydrogen) atoms. The molecule has 0 spiro atoms. The van der Waals surface area contributed by atoms with Crippen molar-refractivity contribution in [2.45, 2.75) is 72.6 Å². The predicted molar refractivity (Wildman–Crippen MR) is 264 cm³/mol. The van der Waals surface area contributed by atoms with Crippen molar-refractivity contribution in [1.82, 2.24) is 14.5 Å². The van der Waals surface area contributed by atoms with Gasteiger partial charge in [0.2, 0.25) is 0 Å². The number of fused-ring (bicyclic) bond motifs is 1. The summed E-state index contributed by atoms with van der Waals surface area (Å²) in [7, 11) is 0. The Hall–Kier alpha value is -6.35. The van der Waals surface area contributed by atoms with Gasteiger partial charge in [0.15, 0.2) is 0 Å². The van der Waals surface area contributed by atoms with E-state index in [1.54, 1.807) is 0 Å². The summed E-state index contributed by atoms with van der Waals surface area (Å²) in [6.07, 6.45) is 1.89. The molecule has 0 aliphatic carbocycles. The van der Waals surface area contributed by atoms with Crippen LogP contribution in [0.2, 0.25) is 0 Å². The normalized spacial score (nSPS) is 11.7. The summed E-state index contributed by atoms with van der Waals surface area (Å²) in [6.45, 7) is 17.6. The summed E-state index contributed by atoms with van der Waals surface area (Å²) in [5.41, 5.74) is 18.1. The van der Waals surface area contributed by atoms with Crippen LogP contribution in [0.3, 0.4) is 0 Å². The van der Waals surface area contributed by atoms with Gasteiger partial charge in [-0.05, 0) is 93.5 Å². The second-order valence-electron chi connectivity index (χ2n) is 18.5. The molecule has 1 N–H and O–H groups in total. The zero-order valence-corrected chi connectivity index (χ0v) is 40.1. The molecule has 0 unspecified atom stereocenters. The van der Waals surface area contributed by atoms with Crippen LogP contribution in [0.25, 0.3) is 83.9 Å². The van der Waals surface area contributed by atoms with Crippen LogP contribution in [0.5, 0.6) is 5.75 Å². The van der Waals surface area contributed by atoms with E-state index in [1.165, 1.54) is 11.1 Å². The van der Waals surface area contributed by atoms with Crippen molar-refractivity contribution in [3.8, 4) is 78.6 Å². The first-order valence-corrected chi connectivity index (χ1v) is 22.1. The minimum Gasteiger partial charge on any atom is -0.507 e. The first-order valence-electron chi connectivity index (χ1n) is 22.1. The SMILES string of the molecule is Cc1ccc(-c2ccnc(-c3[c-]c(-c4cccc5c4nc(-c4cc(C(C)C)cc(C(C)C)c4O)n5-c4ccc(C(C)(C)C)cc4-c4ccccc4)cc(-c4ccccc4)c3)c2)cc1.[Pt]. The number of para-hydroxylation sites is 1. The van der Waals surface area contributed by atoms with Gasteiger partial charge in [-0.15, -0.1) is 23.8 Å². The van der Waals surface area contributed by atoms with Crippen LogP contribution in [0.4, 0.5) is 0 Å². The van der Waals surface area contributed by atoms with E-state index in [9.17, 15) is 5.11 Å². The standard InChI is InChI=1S/C59H54N3O.Pt/c1-37(2)44-33-50(38(3)4)57(63)52(34-44)58-61-56-49(20-15-21-55(56)62(58)54-27-26-48(59(6,7)8)36-51(54)42-18-13-10-14-19-42)46-30-45(40-16-11-9-12-17-40)31-47(32-46)53-35-43(28-29-60-53)41-24-22-39(5)23-25-41;/h9-31,33-38,63H,1-8H3;/q-1;. The molecule has 9 rings (SSSR count). The van der Waals surface area contributed by atoms with Gasteiger partial charge in [-0.3, -0.25) is 9.55 Å². The first kappa shape index (κ1) is 44.3. The van der Waals surface area contributed by atoms with E-state index in [4.69, 9.17) is 9.97 Å². The Kier molecular flexibility index (Phi) is 12.5. The van der Waals surface area contributed by atoms with Crippen LogP contribution in [0, 0.1) is 13.0 Å². The number of nitrogens with zero attached hydrogens (tertiary/aromatic N) is 3. The van der Waals surface area contributed by atoms with E-state index in [-0.39, 0.29) is 44.1 Å². The van der Waals surface area contributed by atoms with Gasteiger partial charge < -0.3 is 5.11 Å². The molecule has 2 aromatic heterocycles. The summed E-state index contributed by atoms with van der Waals surface area (Å²) in [5.74, 6) is 1.30. The zero-order chi connectivity index (χ0) is 44.0. The average molecular weight is 1020 g/mol. The maximum atomic E-state index is 12.3. The average Bonchev–Trinajstić information content (AvgIpc) is 3.68. The number of rotatable bonds is 9. The molecule has 0 bridgehead atoms. The van der Waals surface area contributed by atoms with Crippen LogP contribution in [0.1, 0.15) is 82.6 Å². The molecule has 4 nitrogen and oxygen atoms in total. The molecule has 0 aliphatic rings. The van der Waals surface area contributed by atoms with Crippen molar-refractivity contribution in [3.05, 3.63) is 192 Å². The molecule has 0 aliphatic heterocycles. The molecule has 7 aromatic carbocycles. The fourth-order valence-electron chi connectivity index (χ4n) is 8.57. The summed E-state index contributed by atoms with van der Waals surface area (Å²) < 4.78 is 2.27. The van der Waals surface area contributed by atoms with Crippen molar-refractivity contribution < 1.29 is 26.2 Å². The maximum absolute atomic E-state index is 12.3. The topological polar surface area (TPSA) is 50.9 Å². The molecule has 0 amide bonds. The number of aromatic nitrogens is 3. The van der Waals surface area contributed by atoms with Crippen LogP contribution in [0.15, 0.2) is 164 Å². The summed E-state index contributed by atoms with van der Waals surface area (Å²) in [5, 5.41) is 12.3. The molecular weight excluding hydrogens is 962 g/mol. The fraction of sp³-hybridized carbons (Fsp3) is 0.186. The summed E-state index contributed by atoms with van der Waals surface area (Å²) in [6, 6.07) is 59.7. The number of benzene rings is 7. The third kappa shape index (κ3) is 8.65. The van der Waals surface area contributed by atoms with E-state index in [2.05, 4.69) is 218 Å². The Morgan fingerprint density at radius 3 is 1.92 bits per heavy atom. The number of hydrogen-bond acceptors (Lipinski definition) is 3. The summed E-state index contributed by atoms with van der Waals surface area (Å²) in [4.78, 5) is 10.6. The van der Waals surface area contributed by atoms with E-state index >= 15 is 0 Å². The quantitative estimate of drug-likeness (QED) is 0.147. The van der Waals surface area contributed by atoms with E-state index in [0.717, 1.165) is 83.6 Å². The van der Waals surface area contributed by atoms with Crippen LogP contribution < -0.4 is 0 Å². The molecule has 9 aromatic rings. The van der Waals surface area contributed by atoms with Gasteiger partial charge in [-0.25, -0.2) is 4.98 Å². The predicted octanol–water partition coefficient (Wildman–Crippen LogP) is 15.8. The smallest absolute Gasteiger partial charge is 0.148 e. The molecule has 0 atom stereocenters. The van der Waals surface area contributed by atoms with Crippen LogP contribution in [-0.2, 0) is 26.5 Å². The molecular formula is C59H54N3OPt-. The van der Waals surface area contributed by atoms with Crippen molar-refractivity contribution in [1.29, 1.82) is 0 Å².